The second-order valence-electron chi connectivity index (χ2n) is 8.44. The molecule has 3 heterocycles. The van der Waals surface area contributed by atoms with E-state index in [1.54, 1.807) is 15.0 Å². The van der Waals surface area contributed by atoms with Crippen LogP contribution >= 0.6 is 11.3 Å². The Morgan fingerprint density at radius 3 is 2.45 bits per heavy atom. The fraction of sp³-hybridized carbons (Fsp3) is 0.600. The number of nitrogens with one attached hydrogen (secondary N) is 1. The fourth-order valence-corrected chi connectivity index (χ4v) is 4.32. The van der Waals surface area contributed by atoms with Crippen LogP contribution in [0.4, 0.5) is 10.5 Å². The Bertz CT molecular complexity index is 904. The highest BCUT2D eigenvalue weighted by molar-refractivity contribution is 7.10. The lowest BCUT2D eigenvalue weighted by molar-refractivity contribution is 0.0205. The Morgan fingerprint density at radius 1 is 1.24 bits per heavy atom. The summed E-state index contributed by atoms with van der Waals surface area (Å²) in [7, 11) is 1.85. The number of carbonyl (C=O) groups is 2. The van der Waals surface area contributed by atoms with Crippen LogP contribution in [0.2, 0.25) is 0 Å². The number of thiazole rings is 1. The number of hydrogen-bond acceptors (Lipinski definition) is 6. The van der Waals surface area contributed by atoms with E-state index in [0.717, 1.165) is 34.9 Å². The van der Waals surface area contributed by atoms with E-state index in [2.05, 4.69) is 15.4 Å². The third-order valence-electron chi connectivity index (χ3n) is 5.00. The summed E-state index contributed by atoms with van der Waals surface area (Å²) in [5.41, 5.74) is 2.35. The van der Waals surface area contributed by atoms with Gasteiger partial charge in [0.2, 0.25) is 0 Å². The SMILES string of the molecule is Cc1nn(C)c(C)c1NC(=O)c1csc(C2CCN(C(=O)OC(C)(C)C)CC2)n1. The molecule has 1 aliphatic heterocycles. The first-order valence-corrected chi connectivity index (χ1v) is 10.7. The van der Waals surface area contributed by atoms with E-state index in [0.29, 0.717) is 18.8 Å². The van der Waals surface area contributed by atoms with Crippen molar-refractivity contribution in [1.29, 1.82) is 0 Å². The van der Waals surface area contributed by atoms with E-state index in [1.807, 2.05) is 41.7 Å². The van der Waals surface area contributed by atoms with E-state index < -0.39 is 5.60 Å². The van der Waals surface area contributed by atoms with Gasteiger partial charge in [0, 0.05) is 31.4 Å². The maximum absolute atomic E-state index is 12.6. The summed E-state index contributed by atoms with van der Waals surface area (Å²) >= 11 is 1.50. The van der Waals surface area contributed by atoms with Gasteiger partial charge in [-0.2, -0.15) is 5.10 Å². The van der Waals surface area contributed by atoms with E-state index in [4.69, 9.17) is 4.74 Å². The van der Waals surface area contributed by atoms with Gasteiger partial charge >= 0.3 is 6.09 Å². The van der Waals surface area contributed by atoms with Crippen molar-refractivity contribution in [3.8, 4) is 0 Å². The minimum Gasteiger partial charge on any atom is -0.444 e. The molecular weight excluding hydrogens is 390 g/mol. The highest BCUT2D eigenvalue weighted by Gasteiger charge is 2.29. The molecule has 2 aromatic rings. The van der Waals surface area contributed by atoms with Gasteiger partial charge in [0.15, 0.2) is 0 Å². The Morgan fingerprint density at radius 2 is 1.90 bits per heavy atom. The van der Waals surface area contributed by atoms with Crippen LogP contribution in [0.25, 0.3) is 0 Å². The molecule has 29 heavy (non-hydrogen) atoms. The van der Waals surface area contributed by atoms with Crippen molar-refractivity contribution >= 4 is 29.0 Å². The van der Waals surface area contributed by atoms with E-state index >= 15 is 0 Å². The maximum atomic E-state index is 12.6. The number of anilines is 1. The van der Waals surface area contributed by atoms with Crippen molar-refractivity contribution in [3.05, 3.63) is 27.5 Å². The van der Waals surface area contributed by atoms with Gasteiger partial charge in [0.05, 0.1) is 22.1 Å². The predicted molar refractivity (Wildman–Crippen MR) is 113 cm³/mol. The second kappa shape index (κ2) is 8.14. The largest absolute Gasteiger partial charge is 0.444 e. The van der Waals surface area contributed by atoms with Crippen molar-refractivity contribution < 1.29 is 14.3 Å². The van der Waals surface area contributed by atoms with E-state index in [9.17, 15) is 9.59 Å². The molecule has 1 N–H and O–H groups in total. The summed E-state index contributed by atoms with van der Waals surface area (Å²) < 4.78 is 7.19. The van der Waals surface area contributed by atoms with Gasteiger partial charge in [-0.05, 0) is 47.5 Å². The molecule has 158 valence electrons. The number of aryl methyl sites for hydroxylation is 2. The molecule has 1 fully saturated rings. The van der Waals surface area contributed by atoms with Crippen molar-refractivity contribution in [2.45, 2.75) is 59.0 Å². The van der Waals surface area contributed by atoms with Gasteiger partial charge in [0.1, 0.15) is 11.3 Å². The molecule has 0 saturated carbocycles. The Balaban J connectivity index is 1.59. The molecule has 1 aliphatic rings. The zero-order valence-corrected chi connectivity index (χ0v) is 18.7. The molecule has 0 aliphatic carbocycles. The summed E-state index contributed by atoms with van der Waals surface area (Å²) in [6, 6.07) is 0. The van der Waals surface area contributed by atoms with Crippen LogP contribution in [0.15, 0.2) is 5.38 Å². The molecule has 3 rings (SSSR count). The number of amides is 2. The minimum absolute atomic E-state index is 0.224. The topological polar surface area (TPSA) is 89.4 Å². The Labute approximate surface area is 175 Å². The first-order chi connectivity index (χ1) is 13.5. The smallest absolute Gasteiger partial charge is 0.410 e. The molecule has 0 atom stereocenters. The molecule has 9 heteroatoms. The number of ether oxygens (including phenoxy) is 1. The number of rotatable bonds is 3. The number of carbonyl (C=O) groups excluding carboxylic acids is 2. The van der Waals surface area contributed by atoms with Crippen LogP contribution in [0.3, 0.4) is 0 Å². The first kappa shape index (κ1) is 21.3. The van der Waals surface area contributed by atoms with Crippen LogP contribution in [0, 0.1) is 13.8 Å². The minimum atomic E-state index is -0.490. The fourth-order valence-electron chi connectivity index (χ4n) is 3.35. The maximum Gasteiger partial charge on any atom is 0.410 e. The third kappa shape index (κ3) is 4.95. The Hall–Kier alpha value is -2.42. The lowest BCUT2D eigenvalue weighted by Gasteiger charge is -2.32. The van der Waals surface area contributed by atoms with Crippen molar-refractivity contribution in [2.24, 2.45) is 7.05 Å². The summed E-state index contributed by atoms with van der Waals surface area (Å²) in [5.74, 6) is 0.0278. The molecule has 0 unspecified atom stereocenters. The zero-order chi connectivity index (χ0) is 21.3. The zero-order valence-electron chi connectivity index (χ0n) is 17.9. The predicted octanol–water partition coefficient (Wildman–Crippen LogP) is 3.86. The molecule has 1 saturated heterocycles. The van der Waals surface area contributed by atoms with Gasteiger partial charge in [-0.25, -0.2) is 9.78 Å². The van der Waals surface area contributed by atoms with Gasteiger partial charge in [-0.3, -0.25) is 9.48 Å². The van der Waals surface area contributed by atoms with Crippen LogP contribution in [0.1, 0.15) is 66.4 Å². The highest BCUT2D eigenvalue weighted by Crippen LogP contribution is 2.31. The number of likely N-dealkylation sites (tertiary alicyclic amines) is 1. The lowest BCUT2D eigenvalue weighted by atomic mass is 9.98. The molecule has 0 spiro atoms. The van der Waals surface area contributed by atoms with Gasteiger partial charge in [0.25, 0.3) is 5.91 Å². The Kier molecular flexibility index (Phi) is 5.97. The standard InChI is InChI=1S/C20H29N5O3S/c1-12-16(13(2)24(6)23-12)22-17(26)15-11-29-18(21-15)14-7-9-25(10-8-14)19(27)28-20(3,4)5/h11,14H,7-10H2,1-6H3,(H,22,26). The van der Waals surface area contributed by atoms with Crippen LogP contribution in [-0.4, -0.2) is 50.4 Å². The quantitative estimate of drug-likeness (QED) is 0.816. The van der Waals surface area contributed by atoms with Gasteiger partial charge < -0.3 is 15.0 Å². The van der Waals surface area contributed by atoms with Crippen LogP contribution < -0.4 is 5.32 Å². The van der Waals surface area contributed by atoms with Gasteiger partial charge in [-0.1, -0.05) is 0 Å². The van der Waals surface area contributed by atoms with E-state index in [-0.39, 0.29) is 17.9 Å². The van der Waals surface area contributed by atoms with Crippen molar-refractivity contribution in [3.63, 3.8) is 0 Å². The average molecular weight is 420 g/mol. The molecule has 2 aromatic heterocycles. The van der Waals surface area contributed by atoms with E-state index in [1.165, 1.54) is 11.3 Å². The molecular formula is C20H29N5O3S. The summed E-state index contributed by atoms with van der Waals surface area (Å²) in [6.07, 6.45) is 1.36. The highest BCUT2D eigenvalue weighted by atomic mass is 32.1. The normalized spacial score (nSPS) is 15.4. The van der Waals surface area contributed by atoms with Gasteiger partial charge in [-0.15, -0.1) is 11.3 Å². The van der Waals surface area contributed by atoms with Crippen molar-refractivity contribution in [2.75, 3.05) is 18.4 Å². The lowest BCUT2D eigenvalue weighted by Crippen LogP contribution is -2.41. The second-order valence-corrected chi connectivity index (χ2v) is 9.33. The molecule has 0 bridgehead atoms. The third-order valence-corrected chi connectivity index (χ3v) is 6.01. The molecule has 2 amide bonds. The molecule has 0 radical (unpaired) electrons. The monoisotopic (exact) mass is 419 g/mol. The summed E-state index contributed by atoms with van der Waals surface area (Å²) in [6.45, 7) is 10.7. The first-order valence-electron chi connectivity index (χ1n) is 9.80. The van der Waals surface area contributed by atoms with Crippen LogP contribution in [0.5, 0.6) is 0 Å². The summed E-state index contributed by atoms with van der Waals surface area (Å²) in [4.78, 5) is 31.2. The van der Waals surface area contributed by atoms with Crippen molar-refractivity contribution in [1.82, 2.24) is 19.7 Å². The number of nitrogens with zero attached hydrogens (tertiary/aromatic N) is 4. The average Bonchev–Trinajstić information content (AvgIpc) is 3.22. The number of piperidine rings is 1. The number of hydrogen-bond donors (Lipinski definition) is 1. The molecule has 0 aromatic carbocycles. The molecule has 8 nitrogen and oxygen atoms in total. The van der Waals surface area contributed by atoms with Crippen LogP contribution in [-0.2, 0) is 11.8 Å². The summed E-state index contributed by atoms with van der Waals surface area (Å²) in [5, 5.41) is 9.99. The number of aromatic nitrogens is 3.